The maximum atomic E-state index is 13.9. The fourth-order valence-corrected chi connectivity index (χ4v) is 4.91. The number of benzene rings is 3. The van der Waals surface area contributed by atoms with Crippen LogP contribution in [-0.4, -0.2) is 38.2 Å². The molecule has 0 N–H and O–H groups in total. The first-order chi connectivity index (χ1) is 18.1. The van der Waals surface area contributed by atoms with Gasteiger partial charge in [0.2, 0.25) is 5.91 Å². The van der Waals surface area contributed by atoms with E-state index in [1.165, 1.54) is 12.0 Å². The third-order valence-corrected chi connectivity index (χ3v) is 6.52. The van der Waals surface area contributed by atoms with Gasteiger partial charge in [-0.15, -0.1) is 0 Å². The van der Waals surface area contributed by atoms with Crippen LogP contribution in [0.5, 0.6) is 17.2 Å². The number of rotatable bonds is 9. The zero-order valence-electron chi connectivity index (χ0n) is 21.1. The molecule has 0 aliphatic carbocycles. The van der Waals surface area contributed by atoms with Crippen molar-refractivity contribution in [3.63, 3.8) is 0 Å². The van der Waals surface area contributed by atoms with Crippen LogP contribution >= 0.6 is 0 Å². The molecule has 0 spiro atoms. The number of ether oxygens (including phenoxy) is 3. The maximum Gasteiger partial charge on any atom is 0.266 e. The molecule has 8 heteroatoms. The molecule has 2 heterocycles. The predicted octanol–water partition coefficient (Wildman–Crippen LogP) is 4.93. The first-order valence-electron chi connectivity index (χ1n) is 12.5. The number of hydrogen-bond donors (Lipinski definition) is 0. The van der Waals surface area contributed by atoms with E-state index >= 15 is 0 Å². The lowest BCUT2D eigenvalue weighted by Crippen LogP contribution is -2.37. The van der Waals surface area contributed by atoms with Crippen LogP contribution in [0.4, 0.5) is 11.4 Å². The van der Waals surface area contributed by atoms with Crippen LogP contribution in [0.1, 0.15) is 31.9 Å². The Morgan fingerprint density at radius 1 is 0.838 bits per heavy atom. The SMILES string of the molecule is CCCOc1ccc([C@@H]2[C@H]3C(=O)N(c4ccccc4OC)C(=O)[C@H]3ON2c2ccccc2)cc1OCC. The van der Waals surface area contributed by atoms with Crippen LogP contribution in [0, 0.1) is 5.92 Å². The van der Waals surface area contributed by atoms with Crippen LogP contribution in [0.2, 0.25) is 0 Å². The van der Waals surface area contributed by atoms with E-state index in [2.05, 4.69) is 0 Å². The summed E-state index contributed by atoms with van der Waals surface area (Å²) >= 11 is 0. The lowest BCUT2D eigenvalue weighted by Gasteiger charge is -2.29. The van der Waals surface area contributed by atoms with Crippen molar-refractivity contribution < 1.29 is 28.6 Å². The number of nitrogens with zero attached hydrogens (tertiary/aromatic N) is 2. The third kappa shape index (κ3) is 4.38. The van der Waals surface area contributed by atoms with Gasteiger partial charge in [-0.25, -0.2) is 9.96 Å². The first kappa shape index (κ1) is 24.6. The average Bonchev–Trinajstić information content (AvgIpc) is 3.44. The van der Waals surface area contributed by atoms with Crippen molar-refractivity contribution in [1.29, 1.82) is 0 Å². The molecule has 3 aromatic carbocycles. The molecule has 192 valence electrons. The normalized spacial score (nSPS) is 20.8. The Morgan fingerprint density at radius 2 is 1.59 bits per heavy atom. The van der Waals surface area contributed by atoms with Crippen molar-refractivity contribution in [2.24, 2.45) is 5.92 Å². The largest absolute Gasteiger partial charge is 0.495 e. The summed E-state index contributed by atoms with van der Waals surface area (Å²) in [6.07, 6.45) is -0.112. The molecule has 0 saturated carbocycles. The molecule has 0 radical (unpaired) electrons. The lowest BCUT2D eigenvalue weighted by atomic mass is 9.90. The second kappa shape index (κ2) is 10.5. The van der Waals surface area contributed by atoms with Crippen LogP contribution in [0.25, 0.3) is 0 Å². The quantitative estimate of drug-likeness (QED) is 0.384. The van der Waals surface area contributed by atoms with Crippen molar-refractivity contribution in [1.82, 2.24) is 0 Å². The molecule has 2 aliphatic rings. The second-order valence-electron chi connectivity index (χ2n) is 8.83. The highest BCUT2D eigenvalue weighted by atomic mass is 16.7. The Bertz CT molecular complexity index is 1280. The number of carbonyl (C=O) groups is 2. The summed E-state index contributed by atoms with van der Waals surface area (Å²) in [5.74, 6) is 0.135. The Labute approximate surface area is 216 Å². The minimum absolute atomic E-state index is 0.341. The van der Waals surface area contributed by atoms with Crippen molar-refractivity contribution in [3.05, 3.63) is 78.4 Å². The molecule has 37 heavy (non-hydrogen) atoms. The van der Waals surface area contributed by atoms with E-state index in [9.17, 15) is 9.59 Å². The van der Waals surface area contributed by atoms with Crippen molar-refractivity contribution in [2.75, 3.05) is 30.3 Å². The minimum Gasteiger partial charge on any atom is -0.495 e. The van der Waals surface area contributed by atoms with E-state index in [1.807, 2.05) is 62.4 Å². The summed E-state index contributed by atoms with van der Waals surface area (Å²) in [7, 11) is 1.51. The third-order valence-electron chi connectivity index (χ3n) is 6.52. The number of anilines is 2. The summed E-state index contributed by atoms with van der Waals surface area (Å²) in [5.41, 5.74) is 1.93. The van der Waals surface area contributed by atoms with E-state index < -0.39 is 24.0 Å². The van der Waals surface area contributed by atoms with E-state index in [4.69, 9.17) is 19.0 Å². The smallest absolute Gasteiger partial charge is 0.266 e. The fourth-order valence-electron chi connectivity index (χ4n) is 4.91. The predicted molar refractivity (Wildman–Crippen MR) is 139 cm³/mol. The highest BCUT2D eigenvalue weighted by Gasteiger charge is 2.60. The zero-order valence-corrected chi connectivity index (χ0v) is 21.1. The molecule has 2 fully saturated rings. The van der Waals surface area contributed by atoms with E-state index in [0.717, 1.165) is 17.7 Å². The summed E-state index contributed by atoms with van der Waals surface area (Å²) in [5, 5.41) is 1.67. The van der Waals surface area contributed by atoms with Gasteiger partial charge in [0.1, 0.15) is 11.7 Å². The van der Waals surface area contributed by atoms with Gasteiger partial charge in [0, 0.05) is 0 Å². The summed E-state index contributed by atoms with van der Waals surface area (Å²) in [6, 6.07) is 21.5. The number of hydrogen-bond acceptors (Lipinski definition) is 7. The van der Waals surface area contributed by atoms with E-state index in [-0.39, 0.29) is 5.91 Å². The lowest BCUT2D eigenvalue weighted by molar-refractivity contribution is -0.126. The molecule has 8 nitrogen and oxygen atoms in total. The number of imide groups is 1. The Hall–Kier alpha value is -4.04. The summed E-state index contributed by atoms with van der Waals surface area (Å²) in [4.78, 5) is 35.0. The Morgan fingerprint density at radius 3 is 2.32 bits per heavy atom. The van der Waals surface area contributed by atoms with Gasteiger partial charge in [0.25, 0.3) is 5.91 Å². The van der Waals surface area contributed by atoms with Crippen LogP contribution < -0.4 is 24.2 Å². The molecule has 0 bridgehead atoms. The molecule has 0 unspecified atom stereocenters. The van der Waals surface area contributed by atoms with Crippen LogP contribution in [-0.2, 0) is 14.4 Å². The number of hydroxylamine groups is 1. The van der Waals surface area contributed by atoms with Gasteiger partial charge >= 0.3 is 0 Å². The van der Waals surface area contributed by atoms with Gasteiger partial charge in [-0.2, -0.15) is 0 Å². The minimum atomic E-state index is -0.978. The highest BCUT2D eigenvalue weighted by Crippen LogP contribution is 2.49. The van der Waals surface area contributed by atoms with E-state index in [1.54, 1.807) is 29.3 Å². The Kier molecular flexibility index (Phi) is 7.01. The van der Waals surface area contributed by atoms with Gasteiger partial charge in [0.15, 0.2) is 17.6 Å². The van der Waals surface area contributed by atoms with Gasteiger partial charge < -0.3 is 14.2 Å². The van der Waals surface area contributed by atoms with E-state index in [0.29, 0.717) is 36.1 Å². The van der Waals surface area contributed by atoms with Gasteiger partial charge in [-0.05, 0) is 55.3 Å². The number of carbonyl (C=O) groups excluding carboxylic acids is 2. The number of methoxy groups -OCH3 is 1. The standard InChI is InChI=1S/C29H30N2O6/c1-4-17-36-23-16-15-19(18-24(23)35-5-2)26-25-27(37-31(26)20-11-7-6-8-12-20)29(33)30(28(25)32)21-13-9-10-14-22(21)34-3/h6-16,18,25-27H,4-5,17H2,1-3H3/t25-,26-,27+/m1/s1. The number of para-hydroxylation sites is 3. The van der Waals surface area contributed by atoms with Crippen LogP contribution in [0.3, 0.4) is 0 Å². The number of fused-ring (bicyclic) bond motifs is 1. The second-order valence-corrected chi connectivity index (χ2v) is 8.83. The molecule has 3 atom stereocenters. The van der Waals surface area contributed by atoms with Crippen molar-refractivity contribution in [3.8, 4) is 17.2 Å². The van der Waals surface area contributed by atoms with Crippen LogP contribution in [0.15, 0.2) is 72.8 Å². The molecule has 0 aromatic heterocycles. The Balaban J connectivity index is 1.59. The topological polar surface area (TPSA) is 77.5 Å². The van der Waals surface area contributed by atoms with Gasteiger partial charge in [-0.3, -0.25) is 14.4 Å². The zero-order chi connectivity index (χ0) is 25.9. The monoisotopic (exact) mass is 502 g/mol. The average molecular weight is 503 g/mol. The van der Waals surface area contributed by atoms with Crippen molar-refractivity contribution >= 4 is 23.2 Å². The molecular formula is C29H30N2O6. The number of amides is 2. The molecule has 5 rings (SSSR count). The maximum absolute atomic E-state index is 13.9. The molecule has 2 amide bonds. The molecule has 3 aromatic rings. The first-order valence-corrected chi connectivity index (χ1v) is 12.5. The van der Waals surface area contributed by atoms with Crippen molar-refractivity contribution in [2.45, 2.75) is 32.4 Å². The molecule has 2 saturated heterocycles. The fraction of sp³-hybridized carbons (Fsp3) is 0.310. The summed E-state index contributed by atoms with van der Waals surface area (Å²) < 4.78 is 17.2. The summed E-state index contributed by atoms with van der Waals surface area (Å²) in [6.45, 7) is 4.97. The molecular weight excluding hydrogens is 472 g/mol. The highest BCUT2D eigenvalue weighted by molar-refractivity contribution is 6.24. The van der Waals surface area contributed by atoms with Gasteiger partial charge in [0.05, 0.1) is 37.7 Å². The van der Waals surface area contributed by atoms with Gasteiger partial charge in [-0.1, -0.05) is 43.3 Å². The molecule has 2 aliphatic heterocycles.